The number of nitrogens with one attached hydrogen (secondary N) is 2. The molecular weight excluding hydrogens is 294 g/mol. The molecule has 0 amide bonds. The first-order valence-corrected chi connectivity index (χ1v) is 7.72. The van der Waals surface area contributed by atoms with Gasteiger partial charge in [-0.2, -0.15) is 5.10 Å². The van der Waals surface area contributed by atoms with Gasteiger partial charge in [0.2, 0.25) is 5.13 Å². The molecule has 4 rings (SSSR count). The van der Waals surface area contributed by atoms with E-state index in [-0.39, 0.29) is 0 Å². The predicted molar refractivity (Wildman–Crippen MR) is 91.5 cm³/mol. The summed E-state index contributed by atoms with van der Waals surface area (Å²) >= 11 is 1.58. The second kappa shape index (κ2) is 5.23. The lowest BCUT2D eigenvalue weighted by molar-refractivity contribution is 1.23. The minimum absolute atomic E-state index is 0.759. The van der Waals surface area contributed by atoms with Gasteiger partial charge in [0.1, 0.15) is 5.71 Å². The van der Waals surface area contributed by atoms with Crippen LogP contribution in [0.1, 0.15) is 12.7 Å². The molecule has 0 aliphatic rings. The highest BCUT2D eigenvalue weighted by Crippen LogP contribution is 2.25. The number of hydrogen-bond acceptors (Lipinski definition) is 5. The van der Waals surface area contributed by atoms with Crippen LogP contribution in [-0.2, 0) is 0 Å². The van der Waals surface area contributed by atoms with Gasteiger partial charge in [-0.3, -0.25) is 5.43 Å². The van der Waals surface area contributed by atoms with Gasteiger partial charge in [-0.15, -0.1) is 0 Å². The number of fused-ring (bicyclic) bond motifs is 2. The van der Waals surface area contributed by atoms with Crippen molar-refractivity contribution >= 4 is 43.4 Å². The first-order chi connectivity index (χ1) is 10.8. The molecule has 0 unspecified atom stereocenters. The Morgan fingerprint density at radius 2 is 1.82 bits per heavy atom. The molecule has 0 bridgehead atoms. The third kappa shape index (κ3) is 2.33. The maximum absolute atomic E-state index is 4.52. The van der Waals surface area contributed by atoms with Crippen LogP contribution in [-0.4, -0.2) is 20.7 Å². The van der Waals surface area contributed by atoms with Gasteiger partial charge >= 0.3 is 0 Å². The Balaban J connectivity index is 1.61. The highest BCUT2D eigenvalue weighted by atomic mass is 32.1. The molecule has 0 aliphatic heterocycles. The van der Waals surface area contributed by atoms with E-state index < -0.39 is 0 Å². The summed E-state index contributed by atoms with van der Waals surface area (Å²) in [6.45, 7) is 1.91. The molecule has 0 spiro atoms. The first-order valence-electron chi connectivity index (χ1n) is 6.90. The van der Waals surface area contributed by atoms with Gasteiger partial charge in [-0.1, -0.05) is 35.6 Å². The standard InChI is InChI=1S/C16H13N5S/c1-10(15-17-11-6-2-3-7-12(11)18-15)20-21-16-19-13-8-4-5-9-14(13)22-16/h2-9H,1H3,(H,17,18)(H,19,21)/b20-10+. The van der Waals surface area contributed by atoms with Crippen LogP contribution < -0.4 is 5.43 Å². The number of benzene rings is 2. The maximum atomic E-state index is 4.52. The molecule has 22 heavy (non-hydrogen) atoms. The third-order valence-corrected chi connectivity index (χ3v) is 4.29. The lowest BCUT2D eigenvalue weighted by Gasteiger charge is -1.96. The molecule has 0 atom stereocenters. The van der Waals surface area contributed by atoms with Crippen molar-refractivity contribution in [2.45, 2.75) is 6.92 Å². The zero-order valence-corrected chi connectivity index (χ0v) is 12.7. The highest BCUT2D eigenvalue weighted by Gasteiger charge is 2.06. The summed E-state index contributed by atoms with van der Waals surface area (Å²) in [5.41, 5.74) is 6.72. The SMILES string of the molecule is C/C(=N\Nc1nc2ccccc2s1)c1nc2ccccc2[nH]1. The fraction of sp³-hybridized carbons (Fsp3) is 0.0625. The Morgan fingerprint density at radius 1 is 1.05 bits per heavy atom. The van der Waals surface area contributed by atoms with Crippen LogP contribution in [0, 0.1) is 0 Å². The summed E-state index contributed by atoms with van der Waals surface area (Å²) < 4.78 is 1.14. The van der Waals surface area contributed by atoms with Crippen LogP contribution in [0.2, 0.25) is 0 Å². The summed E-state index contributed by atoms with van der Waals surface area (Å²) in [6.07, 6.45) is 0. The third-order valence-electron chi connectivity index (χ3n) is 3.35. The van der Waals surface area contributed by atoms with E-state index in [0.29, 0.717) is 0 Å². The Bertz CT molecular complexity index is 916. The van der Waals surface area contributed by atoms with Gasteiger partial charge in [0.15, 0.2) is 5.82 Å². The molecule has 0 saturated heterocycles. The van der Waals surface area contributed by atoms with Crippen LogP contribution in [0.15, 0.2) is 53.6 Å². The normalized spacial score (nSPS) is 12.1. The molecular formula is C16H13N5S. The minimum Gasteiger partial charge on any atom is -0.337 e. The van der Waals surface area contributed by atoms with Gasteiger partial charge in [0, 0.05) is 0 Å². The van der Waals surface area contributed by atoms with E-state index >= 15 is 0 Å². The van der Waals surface area contributed by atoms with Crippen LogP contribution in [0.25, 0.3) is 21.3 Å². The molecule has 0 aliphatic carbocycles. The van der Waals surface area contributed by atoms with E-state index in [9.17, 15) is 0 Å². The van der Waals surface area contributed by atoms with Gasteiger partial charge in [0.25, 0.3) is 0 Å². The molecule has 0 radical (unpaired) electrons. The Morgan fingerprint density at radius 3 is 2.64 bits per heavy atom. The molecule has 108 valence electrons. The lowest BCUT2D eigenvalue weighted by atomic mass is 10.3. The summed E-state index contributed by atoms with van der Waals surface area (Å²) in [6, 6.07) is 16.0. The second-order valence-electron chi connectivity index (χ2n) is 4.90. The molecule has 5 nitrogen and oxygen atoms in total. The summed E-state index contributed by atoms with van der Waals surface area (Å²) in [5.74, 6) is 0.759. The summed E-state index contributed by atoms with van der Waals surface area (Å²) in [7, 11) is 0. The number of anilines is 1. The monoisotopic (exact) mass is 307 g/mol. The summed E-state index contributed by atoms with van der Waals surface area (Å²) in [5, 5.41) is 5.15. The topological polar surface area (TPSA) is 66.0 Å². The van der Waals surface area contributed by atoms with Crippen molar-refractivity contribution in [3.8, 4) is 0 Å². The van der Waals surface area contributed by atoms with Crippen molar-refractivity contribution in [1.29, 1.82) is 0 Å². The van der Waals surface area contributed by atoms with E-state index in [0.717, 1.165) is 37.9 Å². The van der Waals surface area contributed by atoms with E-state index in [1.54, 1.807) is 11.3 Å². The zero-order valence-electron chi connectivity index (χ0n) is 11.9. The first kappa shape index (κ1) is 13.0. The van der Waals surface area contributed by atoms with E-state index in [2.05, 4.69) is 25.5 Å². The number of aromatic amines is 1. The fourth-order valence-electron chi connectivity index (χ4n) is 2.23. The van der Waals surface area contributed by atoms with E-state index in [1.807, 2.05) is 55.5 Å². The van der Waals surface area contributed by atoms with Crippen molar-refractivity contribution in [3.63, 3.8) is 0 Å². The number of thiazole rings is 1. The van der Waals surface area contributed by atoms with Crippen LogP contribution in [0.3, 0.4) is 0 Å². The maximum Gasteiger partial charge on any atom is 0.204 e. The van der Waals surface area contributed by atoms with E-state index in [4.69, 9.17) is 0 Å². The second-order valence-corrected chi connectivity index (χ2v) is 5.93. The molecule has 6 heteroatoms. The fourth-order valence-corrected chi connectivity index (χ4v) is 3.04. The zero-order chi connectivity index (χ0) is 14.9. The number of nitrogens with zero attached hydrogens (tertiary/aromatic N) is 3. The number of rotatable bonds is 3. The average molecular weight is 307 g/mol. The smallest absolute Gasteiger partial charge is 0.204 e. The van der Waals surface area contributed by atoms with Gasteiger partial charge in [-0.25, -0.2) is 9.97 Å². The average Bonchev–Trinajstić information content (AvgIpc) is 3.15. The molecule has 0 fully saturated rings. The molecule has 2 aromatic carbocycles. The van der Waals surface area contributed by atoms with Crippen LogP contribution in [0.5, 0.6) is 0 Å². The van der Waals surface area contributed by atoms with Crippen molar-refractivity contribution in [1.82, 2.24) is 15.0 Å². The van der Waals surface area contributed by atoms with Crippen LogP contribution >= 0.6 is 11.3 Å². The molecule has 2 heterocycles. The quantitative estimate of drug-likeness (QED) is 0.444. The number of imidazole rings is 1. The predicted octanol–water partition coefficient (Wildman–Crippen LogP) is 4.01. The number of hydrogen-bond donors (Lipinski definition) is 2. The van der Waals surface area contributed by atoms with Gasteiger partial charge in [-0.05, 0) is 31.2 Å². The number of hydrazone groups is 1. The molecule has 0 saturated carbocycles. The lowest BCUT2D eigenvalue weighted by Crippen LogP contribution is -2.01. The van der Waals surface area contributed by atoms with Crippen molar-refractivity contribution in [3.05, 3.63) is 54.4 Å². The van der Waals surface area contributed by atoms with Crippen molar-refractivity contribution in [2.24, 2.45) is 5.10 Å². The van der Waals surface area contributed by atoms with Crippen LogP contribution in [0.4, 0.5) is 5.13 Å². The number of aromatic nitrogens is 3. The molecule has 4 aromatic rings. The Hall–Kier alpha value is -2.73. The Kier molecular flexibility index (Phi) is 3.08. The molecule has 2 N–H and O–H groups in total. The van der Waals surface area contributed by atoms with Crippen molar-refractivity contribution in [2.75, 3.05) is 5.43 Å². The van der Waals surface area contributed by atoms with E-state index in [1.165, 1.54) is 0 Å². The minimum atomic E-state index is 0.759. The number of H-pyrrole nitrogens is 1. The van der Waals surface area contributed by atoms with Gasteiger partial charge in [0.05, 0.1) is 21.3 Å². The molecule has 2 aromatic heterocycles. The van der Waals surface area contributed by atoms with Crippen molar-refractivity contribution < 1.29 is 0 Å². The largest absolute Gasteiger partial charge is 0.337 e. The Labute approximate surface area is 130 Å². The van der Waals surface area contributed by atoms with Gasteiger partial charge < -0.3 is 4.98 Å². The summed E-state index contributed by atoms with van der Waals surface area (Å²) in [4.78, 5) is 12.3. The highest BCUT2D eigenvalue weighted by molar-refractivity contribution is 7.22. The number of para-hydroxylation sites is 3.